The fourth-order valence-electron chi connectivity index (χ4n) is 3.56. The van der Waals surface area contributed by atoms with Crippen LogP contribution in [0.3, 0.4) is 0 Å². The lowest BCUT2D eigenvalue weighted by Crippen LogP contribution is -2.40. The Balaban J connectivity index is 1.56. The van der Waals surface area contributed by atoms with Crippen LogP contribution in [-0.2, 0) is 26.0 Å². The van der Waals surface area contributed by atoms with Gasteiger partial charge in [-0.1, -0.05) is 24.3 Å². The van der Waals surface area contributed by atoms with Gasteiger partial charge in [0.1, 0.15) is 10.6 Å². The molecule has 174 valence electrons. The van der Waals surface area contributed by atoms with Gasteiger partial charge in [0.15, 0.2) is 0 Å². The second-order valence-electron chi connectivity index (χ2n) is 7.64. The number of hydrogen-bond acceptors (Lipinski definition) is 6. The Hall–Kier alpha value is -2.62. The standard InChI is InChI=1S/C23H31N3O5S/c1-25(20-7-4-3-5-8-20)12-6-11-24-23(27)18-19-9-10-21(30-2)22(17-19)32(28,29)26-13-15-31-16-14-26/h3-5,7-10,17H,6,11-16,18H2,1-2H3,(H,24,27). The minimum Gasteiger partial charge on any atom is -0.495 e. The Morgan fingerprint density at radius 2 is 1.88 bits per heavy atom. The molecule has 0 atom stereocenters. The summed E-state index contributed by atoms with van der Waals surface area (Å²) in [6.07, 6.45) is 0.903. The van der Waals surface area contributed by atoms with Crippen LogP contribution >= 0.6 is 0 Å². The number of nitrogens with one attached hydrogen (secondary N) is 1. The van der Waals surface area contributed by atoms with Gasteiger partial charge in [0, 0.05) is 38.9 Å². The van der Waals surface area contributed by atoms with Gasteiger partial charge in [0.2, 0.25) is 15.9 Å². The highest BCUT2D eigenvalue weighted by Crippen LogP contribution is 2.28. The van der Waals surface area contributed by atoms with Crippen molar-refractivity contribution in [3.8, 4) is 5.75 Å². The molecule has 2 aromatic carbocycles. The predicted molar refractivity (Wildman–Crippen MR) is 124 cm³/mol. The van der Waals surface area contributed by atoms with Crippen molar-refractivity contribution < 1.29 is 22.7 Å². The topological polar surface area (TPSA) is 88.2 Å². The van der Waals surface area contributed by atoms with Crippen LogP contribution in [0.2, 0.25) is 0 Å². The summed E-state index contributed by atoms with van der Waals surface area (Å²) in [5.74, 6) is 0.122. The Bertz CT molecular complexity index is 992. The van der Waals surface area contributed by atoms with E-state index in [1.165, 1.54) is 17.5 Å². The van der Waals surface area contributed by atoms with Gasteiger partial charge in [-0.25, -0.2) is 8.42 Å². The van der Waals surface area contributed by atoms with Crippen LogP contribution in [0.25, 0.3) is 0 Å². The number of anilines is 1. The van der Waals surface area contributed by atoms with E-state index in [2.05, 4.69) is 10.2 Å². The number of para-hydroxylation sites is 1. The molecule has 32 heavy (non-hydrogen) atoms. The average molecular weight is 462 g/mol. The monoisotopic (exact) mass is 461 g/mol. The Labute approximate surface area is 190 Å². The summed E-state index contributed by atoms with van der Waals surface area (Å²) in [5.41, 5.74) is 1.75. The summed E-state index contributed by atoms with van der Waals surface area (Å²) in [6, 6.07) is 14.9. The van der Waals surface area contributed by atoms with Gasteiger partial charge >= 0.3 is 0 Å². The molecule has 3 rings (SSSR count). The number of methoxy groups -OCH3 is 1. The zero-order chi connectivity index (χ0) is 23.0. The first-order valence-corrected chi connectivity index (χ1v) is 12.1. The molecule has 1 aliphatic heterocycles. The van der Waals surface area contributed by atoms with Crippen LogP contribution in [0.5, 0.6) is 5.75 Å². The number of benzene rings is 2. The maximum atomic E-state index is 13.1. The van der Waals surface area contributed by atoms with E-state index < -0.39 is 10.0 Å². The number of carbonyl (C=O) groups excluding carboxylic acids is 1. The summed E-state index contributed by atoms with van der Waals surface area (Å²) >= 11 is 0. The third-order valence-electron chi connectivity index (χ3n) is 5.37. The summed E-state index contributed by atoms with van der Waals surface area (Å²) in [5, 5.41) is 2.91. The van der Waals surface area contributed by atoms with Gasteiger partial charge in [-0.15, -0.1) is 0 Å². The molecule has 0 spiro atoms. The third-order valence-corrected chi connectivity index (χ3v) is 7.29. The number of carbonyl (C=O) groups is 1. The molecular weight excluding hydrogens is 430 g/mol. The van der Waals surface area contributed by atoms with E-state index in [9.17, 15) is 13.2 Å². The maximum absolute atomic E-state index is 13.1. The minimum atomic E-state index is -3.73. The number of amides is 1. The van der Waals surface area contributed by atoms with Crippen molar-refractivity contribution in [3.63, 3.8) is 0 Å². The van der Waals surface area contributed by atoms with Crippen molar-refractivity contribution in [3.05, 3.63) is 54.1 Å². The SMILES string of the molecule is COc1ccc(CC(=O)NCCCN(C)c2ccccc2)cc1S(=O)(=O)N1CCOCC1. The Morgan fingerprint density at radius 1 is 1.16 bits per heavy atom. The smallest absolute Gasteiger partial charge is 0.246 e. The molecule has 0 radical (unpaired) electrons. The molecule has 0 aromatic heterocycles. The van der Waals surface area contributed by atoms with Crippen LogP contribution in [0, 0.1) is 0 Å². The number of nitrogens with zero attached hydrogens (tertiary/aromatic N) is 2. The minimum absolute atomic E-state index is 0.0803. The zero-order valence-electron chi connectivity index (χ0n) is 18.6. The van der Waals surface area contributed by atoms with Crippen molar-refractivity contribution in [2.75, 3.05) is 58.5 Å². The van der Waals surface area contributed by atoms with E-state index in [1.807, 2.05) is 37.4 Å². The molecular formula is C23H31N3O5S. The lowest BCUT2D eigenvalue weighted by molar-refractivity contribution is -0.120. The number of ether oxygens (including phenoxy) is 2. The predicted octanol–water partition coefficient (Wildman–Crippen LogP) is 1.90. The van der Waals surface area contributed by atoms with E-state index in [0.29, 0.717) is 38.4 Å². The summed E-state index contributed by atoms with van der Waals surface area (Å²) in [4.78, 5) is 14.6. The summed E-state index contributed by atoms with van der Waals surface area (Å²) in [7, 11) is -0.273. The van der Waals surface area contributed by atoms with Crippen molar-refractivity contribution >= 4 is 21.6 Å². The van der Waals surface area contributed by atoms with E-state index in [0.717, 1.165) is 18.7 Å². The van der Waals surface area contributed by atoms with Gasteiger partial charge in [-0.3, -0.25) is 4.79 Å². The van der Waals surface area contributed by atoms with E-state index >= 15 is 0 Å². The third kappa shape index (κ3) is 6.21. The number of hydrogen-bond donors (Lipinski definition) is 1. The molecule has 8 nitrogen and oxygen atoms in total. The lowest BCUT2D eigenvalue weighted by atomic mass is 10.1. The Morgan fingerprint density at radius 3 is 2.56 bits per heavy atom. The molecule has 0 bridgehead atoms. The molecule has 0 aliphatic carbocycles. The Kier molecular flexibility index (Phi) is 8.49. The number of morpholine rings is 1. The second kappa shape index (κ2) is 11.3. The van der Waals surface area contributed by atoms with E-state index in [-0.39, 0.29) is 23.0 Å². The molecule has 0 saturated carbocycles. The molecule has 1 heterocycles. The van der Waals surface area contributed by atoms with Crippen LogP contribution in [0.4, 0.5) is 5.69 Å². The zero-order valence-corrected chi connectivity index (χ0v) is 19.4. The summed E-state index contributed by atoms with van der Waals surface area (Å²) in [6.45, 7) is 2.69. The van der Waals surface area contributed by atoms with E-state index in [1.54, 1.807) is 12.1 Å². The van der Waals surface area contributed by atoms with Crippen LogP contribution in [0.15, 0.2) is 53.4 Å². The molecule has 1 fully saturated rings. The van der Waals surface area contributed by atoms with Crippen LogP contribution < -0.4 is 15.0 Å². The highest BCUT2D eigenvalue weighted by Gasteiger charge is 2.29. The molecule has 1 N–H and O–H groups in total. The maximum Gasteiger partial charge on any atom is 0.246 e. The number of sulfonamides is 1. The normalized spacial score (nSPS) is 14.7. The van der Waals surface area contributed by atoms with Crippen molar-refractivity contribution in [2.45, 2.75) is 17.7 Å². The highest BCUT2D eigenvalue weighted by atomic mass is 32.2. The quantitative estimate of drug-likeness (QED) is 0.544. The second-order valence-corrected chi connectivity index (χ2v) is 9.55. The van der Waals surface area contributed by atoms with Gasteiger partial charge in [-0.05, 0) is 36.2 Å². The fourth-order valence-corrected chi connectivity index (χ4v) is 5.18. The molecule has 2 aromatic rings. The molecule has 1 saturated heterocycles. The molecule has 1 aliphatic rings. The molecule has 1 amide bonds. The van der Waals surface area contributed by atoms with E-state index in [4.69, 9.17) is 9.47 Å². The fraction of sp³-hybridized carbons (Fsp3) is 0.435. The van der Waals surface area contributed by atoms with Gasteiger partial charge in [0.05, 0.1) is 26.7 Å². The van der Waals surface area contributed by atoms with Gasteiger partial charge < -0.3 is 19.7 Å². The van der Waals surface area contributed by atoms with Crippen molar-refractivity contribution in [1.82, 2.24) is 9.62 Å². The average Bonchev–Trinajstić information content (AvgIpc) is 2.82. The largest absolute Gasteiger partial charge is 0.495 e. The lowest BCUT2D eigenvalue weighted by Gasteiger charge is -2.26. The van der Waals surface area contributed by atoms with Gasteiger partial charge in [-0.2, -0.15) is 4.31 Å². The van der Waals surface area contributed by atoms with Crippen LogP contribution in [0.1, 0.15) is 12.0 Å². The van der Waals surface area contributed by atoms with Gasteiger partial charge in [0.25, 0.3) is 0 Å². The highest BCUT2D eigenvalue weighted by molar-refractivity contribution is 7.89. The molecule has 9 heteroatoms. The number of rotatable bonds is 10. The van der Waals surface area contributed by atoms with Crippen LogP contribution in [-0.4, -0.2) is 72.2 Å². The first kappa shape index (κ1) is 24.0. The first-order valence-electron chi connectivity index (χ1n) is 10.7. The summed E-state index contributed by atoms with van der Waals surface area (Å²) < 4.78 is 38.1. The first-order chi connectivity index (χ1) is 15.4. The van der Waals surface area contributed by atoms with Crippen molar-refractivity contribution in [2.24, 2.45) is 0 Å². The van der Waals surface area contributed by atoms with Crippen molar-refractivity contribution in [1.29, 1.82) is 0 Å². The molecule has 0 unspecified atom stereocenters.